The summed E-state index contributed by atoms with van der Waals surface area (Å²) in [6.45, 7) is 7.25. The van der Waals surface area contributed by atoms with E-state index in [1.807, 2.05) is 35.7 Å². The van der Waals surface area contributed by atoms with Crippen molar-refractivity contribution in [1.29, 1.82) is 0 Å². The average molecular weight is 442 g/mol. The molecular weight excluding hydrogens is 418 g/mol. The largest absolute Gasteiger partial charge is 0.488 e. The number of amides is 1. The van der Waals surface area contributed by atoms with Crippen LogP contribution in [0.3, 0.4) is 0 Å². The van der Waals surface area contributed by atoms with Gasteiger partial charge in [-0.15, -0.1) is 22.7 Å². The van der Waals surface area contributed by atoms with Crippen LogP contribution in [0.1, 0.15) is 34.8 Å². The molecule has 0 radical (unpaired) electrons. The maximum Gasteiger partial charge on any atom is 0.267 e. The zero-order chi connectivity index (χ0) is 20.7. The van der Waals surface area contributed by atoms with Gasteiger partial charge in [-0.3, -0.25) is 15.0 Å². The van der Waals surface area contributed by atoms with Crippen molar-refractivity contribution < 1.29 is 14.3 Å². The van der Waals surface area contributed by atoms with Gasteiger partial charge in [0.25, 0.3) is 5.91 Å². The average Bonchev–Trinajstić information content (AvgIpc) is 3.34. The summed E-state index contributed by atoms with van der Waals surface area (Å²) in [5.74, 6) is 0.747. The minimum Gasteiger partial charge on any atom is -0.488 e. The van der Waals surface area contributed by atoms with Gasteiger partial charge in [-0.2, -0.15) is 0 Å². The third-order valence-corrected chi connectivity index (χ3v) is 7.22. The number of benzene rings is 1. The second-order valence-corrected chi connectivity index (χ2v) is 9.71. The molecule has 2 unspecified atom stereocenters. The Kier molecular flexibility index (Phi) is 5.32. The molecule has 5 rings (SSSR count). The van der Waals surface area contributed by atoms with Gasteiger partial charge in [0.05, 0.1) is 22.8 Å². The zero-order valence-corrected chi connectivity index (χ0v) is 18.5. The molecule has 0 aliphatic carbocycles. The molecule has 1 N–H and O–H groups in total. The molecule has 156 valence electrons. The third-order valence-electron chi connectivity index (χ3n) is 5.20. The van der Waals surface area contributed by atoms with Crippen molar-refractivity contribution in [3.8, 4) is 16.2 Å². The van der Waals surface area contributed by atoms with Crippen molar-refractivity contribution in [3.05, 3.63) is 51.8 Å². The van der Waals surface area contributed by atoms with Crippen molar-refractivity contribution in [2.45, 2.75) is 39.2 Å². The van der Waals surface area contributed by atoms with Gasteiger partial charge in [-0.25, -0.2) is 4.98 Å². The lowest BCUT2D eigenvalue weighted by atomic mass is 10.1. The topological polar surface area (TPSA) is 63.7 Å². The van der Waals surface area contributed by atoms with E-state index in [-0.39, 0.29) is 18.1 Å². The van der Waals surface area contributed by atoms with E-state index in [0.29, 0.717) is 16.6 Å². The normalized spacial score (nSPS) is 20.9. The fourth-order valence-corrected chi connectivity index (χ4v) is 5.84. The summed E-state index contributed by atoms with van der Waals surface area (Å²) in [4.78, 5) is 21.6. The maximum absolute atomic E-state index is 12.8. The minimum atomic E-state index is -0.124. The molecule has 1 fully saturated rings. The lowest BCUT2D eigenvalue weighted by Crippen LogP contribution is -2.44. The second-order valence-electron chi connectivity index (χ2n) is 7.80. The Balaban J connectivity index is 1.27. The Morgan fingerprint density at radius 1 is 1.27 bits per heavy atom. The van der Waals surface area contributed by atoms with Crippen LogP contribution in [0, 0.1) is 0 Å². The van der Waals surface area contributed by atoms with Crippen LogP contribution in [-0.2, 0) is 17.9 Å². The van der Waals surface area contributed by atoms with E-state index in [2.05, 4.69) is 29.0 Å². The number of thiazole rings is 1. The molecule has 3 aromatic rings. The van der Waals surface area contributed by atoms with Gasteiger partial charge >= 0.3 is 0 Å². The molecule has 1 saturated heterocycles. The molecule has 2 aliphatic rings. The highest BCUT2D eigenvalue weighted by molar-refractivity contribution is 7.18. The van der Waals surface area contributed by atoms with Crippen molar-refractivity contribution in [3.63, 3.8) is 0 Å². The second kappa shape index (κ2) is 8.11. The first-order valence-corrected chi connectivity index (χ1v) is 11.7. The number of carbonyl (C=O) groups excluding carboxylic acids is 1. The first kappa shape index (κ1) is 19.7. The number of thiophene rings is 1. The molecule has 1 aromatic carbocycles. The van der Waals surface area contributed by atoms with E-state index in [1.54, 1.807) is 0 Å². The van der Waals surface area contributed by atoms with Crippen molar-refractivity contribution >= 4 is 33.7 Å². The Labute approximate surface area is 183 Å². The van der Waals surface area contributed by atoms with Crippen molar-refractivity contribution in [1.82, 2.24) is 9.88 Å². The third kappa shape index (κ3) is 4.00. The number of fused-ring (bicyclic) bond motifs is 3. The molecule has 2 aromatic heterocycles. The van der Waals surface area contributed by atoms with E-state index in [9.17, 15) is 4.79 Å². The van der Waals surface area contributed by atoms with E-state index in [4.69, 9.17) is 9.47 Å². The highest BCUT2D eigenvalue weighted by Gasteiger charge is 2.24. The highest BCUT2D eigenvalue weighted by atomic mass is 32.1. The summed E-state index contributed by atoms with van der Waals surface area (Å²) < 4.78 is 11.6. The Morgan fingerprint density at radius 3 is 2.90 bits per heavy atom. The molecule has 1 amide bonds. The molecule has 8 heteroatoms. The van der Waals surface area contributed by atoms with E-state index < -0.39 is 0 Å². The summed E-state index contributed by atoms with van der Waals surface area (Å²) in [6, 6.07) is 9.88. The van der Waals surface area contributed by atoms with Crippen LogP contribution in [0.25, 0.3) is 10.4 Å². The van der Waals surface area contributed by atoms with Crippen LogP contribution in [-0.4, -0.2) is 41.1 Å². The number of hydrogen-bond donors (Lipinski definition) is 1. The molecule has 30 heavy (non-hydrogen) atoms. The quantitative estimate of drug-likeness (QED) is 0.640. The van der Waals surface area contributed by atoms with Crippen molar-refractivity contribution in [2.24, 2.45) is 0 Å². The van der Waals surface area contributed by atoms with Crippen molar-refractivity contribution in [2.75, 3.05) is 18.4 Å². The van der Waals surface area contributed by atoms with Crippen LogP contribution in [0.2, 0.25) is 0 Å². The van der Waals surface area contributed by atoms with Gasteiger partial charge in [-0.05, 0) is 32.0 Å². The van der Waals surface area contributed by atoms with E-state index in [0.717, 1.165) is 47.1 Å². The van der Waals surface area contributed by atoms with Gasteiger partial charge in [0.15, 0.2) is 5.13 Å². The summed E-state index contributed by atoms with van der Waals surface area (Å²) in [7, 11) is 0. The van der Waals surface area contributed by atoms with E-state index >= 15 is 0 Å². The molecule has 2 aliphatic heterocycles. The number of nitrogens with zero attached hydrogens (tertiary/aromatic N) is 2. The minimum absolute atomic E-state index is 0.124. The Bertz CT molecular complexity index is 1070. The summed E-state index contributed by atoms with van der Waals surface area (Å²) in [5.41, 5.74) is 3.08. The van der Waals surface area contributed by atoms with Crippen LogP contribution in [0.4, 0.5) is 5.13 Å². The SMILES string of the molecule is CC1CN(Cc2csc(NC(=O)c3cc4c(s3)-c3ccccc3OC4)n2)CC(C)O1. The van der Waals surface area contributed by atoms with Crippen LogP contribution in [0.5, 0.6) is 5.75 Å². The molecule has 6 nitrogen and oxygen atoms in total. The van der Waals surface area contributed by atoms with Gasteiger partial charge in [0, 0.05) is 41.0 Å². The molecule has 0 spiro atoms. The number of rotatable bonds is 4. The van der Waals surface area contributed by atoms with Gasteiger partial charge < -0.3 is 9.47 Å². The van der Waals surface area contributed by atoms with Crippen LogP contribution < -0.4 is 10.1 Å². The number of anilines is 1. The smallest absolute Gasteiger partial charge is 0.267 e. The fourth-order valence-electron chi connectivity index (χ4n) is 4.05. The summed E-state index contributed by atoms with van der Waals surface area (Å²) in [6.07, 6.45) is 0.455. The zero-order valence-electron chi connectivity index (χ0n) is 16.9. The van der Waals surface area contributed by atoms with Gasteiger partial charge in [0.2, 0.25) is 0 Å². The predicted molar refractivity (Wildman–Crippen MR) is 119 cm³/mol. The maximum atomic E-state index is 12.8. The van der Waals surface area contributed by atoms with Crippen LogP contribution in [0.15, 0.2) is 35.7 Å². The molecule has 2 atom stereocenters. The Hall–Kier alpha value is -2.26. The highest BCUT2D eigenvalue weighted by Crippen LogP contribution is 2.42. The van der Waals surface area contributed by atoms with Crippen LogP contribution >= 0.6 is 22.7 Å². The summed E-state index contributed by atoms with van der Waals surface area (Å²) in [5, 5.41) is 5.61. The lowest BCUT2D eigenvalue weighted by molar-refractivity contribution is -0.0707. The summed E-state index contributed by atoms with van der Waals surface area (Å²) >= 11 is 2.97. The number of para-hydroxylation sites is 1. The molecule has 0 saturated carbocycles. The molecular formula is C22H23N3O3S2. The number of nitrogens with one attached hydrogen (secondary N) is 1. The monoisotopic (exact) mass is 441 g/mol. The number of ether oxygens (including phenoxy) is 2. The first-order chi connectivity index (χ1) is 14.5. The number of morpholine rings is 1. The molecule has 4 heterocycles. The van der Waals surface area contributed by atoms with Gasteiger partial charge in [0.1, 0.15) is 12.4 Å². The standard InChI is InChI=1S/C22H23N3O3S2/c1-13-8-25(9-14(2)28-13)10-16-12-29-22(23-16)24-21(26)19-7-15-11-27-18-6-4-3-5-17(18)20(15)30-19/h3-7,12-14H,8-11H2,1-2H3,(H,23,24,26). The molecule has 0 bridgehead atoms. The predicted octanol–water partition coefficient (Wildman–Crippen LogP) is 4.63. The number of hydrogen-bond acceptors (Lipinski definition) is 7. The first-order valence-electron chi connectivity index (χ1n) is 10.0. The van der Waals surface area contributed by atoms with E-state index in [1.165, 1.54) is 22.7 Å². The fraction of sp³-hybridized carbons (Fsp3) is 0.364. The number of carbonyl (C=O) groups is 1. The lowest BCUT2D eigenvalue weighted by Gasteiger charge is -2.34. The Morgan fingerprint density at radius 2 is 2.07 bits per heavy atom. The number of aromatic nitrogens is 1. The van der Waals surface area contributed by atoms with Gasteiger partial charge in [-0.1, -0.05) is 12.1 Å².